The summed E-state index contributed by atoms with van der Waals surface area (Å²) < 4.78 is 6.18. The van der Waals surface area contributed by atoms with Crippen LogP contribution in [0, 0.1) is 10.1 Å². The van der Waals surface area contributed by atoms with E-state index in [0.717, 1.165) is 10.5 Å². The van der Waals surface area contributed by atoms with Crippen molar-refractivity contribution in [3.8, 4) is 11.6 Å². The Morgan fingerprint density at radius 1 is 1.37 bits per heavy atom. The number of nitrogens with zero attached hydrogens (tertiary/aromatic N) is 2. The summed E-state index contributed by atoms with van der Waals surface area (Å²) in [5.74, 6) is 0.339. The molecule has 1 aromatic carbocycles. The molecule has 19 heavy (non-hydrogen) atoms. The summed E-state index contributed by atoms with van der Waals surface area (Å²) in [6, 6.07) is 7.30. The largest absolute Gasteiger partial charge is 0.437 e. The molecule has 0 aliphatic heterocycles. The third-order valence-electron chi connectivity index (χ3n) is 2.13. The van der Waals surface area contributed by atoms with E-state index in [-0.39, 0.29) is 17.4 Å². The van der Waals surface area contributed by atoms with Gasteiger partial charge < -0.3 is 10.5 Å². The lowest BCUT2D eigenvalue weighted by Gasteiger charge is -2.07. The molecule has 0 saturated heterocycles. The van der Waals surface area contributed by atoms with E-state index in [9.17, 15) is 10.1 Å². The quantitative estimate of drug-likeness (QED) is 0.676. The van der Waals surface area contributed by atoms with Crippen LogP contribution in [-0.4, -0.2) is 9.91 Å². The minimum Gasteiger partial charge on any atom is -0.437 e. The van der Waals surface area contributed by atoms with E-state index in [0.29, 0.717) is 10.8 Å². The average Bonchev–Trinajstić information content (AvgIpc) is 2.32. The highest BCUT2D eigenvalue weighted by Gasteiger charge is 2.12. The van der Waals surface area contributed by atoms with E-state index in [1.54, 1.807) is 18.2 Å². The molecule has 0 aliphatic carbocycles. The molecule has 6 nitrogen and oxygen atoms in total. The van der Waals surface area contributed by atoms with Crippen molar-refractivity contribution in [3.63, 3.8) is 0 Å². The van der Waals surface area contributed by atoms with Crippen LogP contribution in [0.3, 0.4) is 0 Å². The van der Waals surface area contributed by atoms with Crippen molar-refractivity contribution < 1.29 is 9.66 Å². The van der Waals surface area contributed by atoms with Gasteiger partial charge >= 0.3 is 0 Å². The van der Waals surface area contributed by atoms with Gasteiger partial charge in [0.15, 0.2) is 0 Å². The number of anilines is 1. The van der Waals surface area contributed by atoms with Crippen LogP contribution in [0.1, 0.15) is 0 Å². The highest BCUT2D eigenvalue weighted by Crippen LogP contribution is 2.32. The number of nitrogen functional groups attached to an aromatic ring is 1. The van der Waals surface area contributed by atoms with E-state index < -0.39 is 4.92 Å². The molecule has 2 aromatic rings. The maximum Gasteiger partial charge on any atom is 0.278 e. The molecular formula is C11H7BrClN3O3. The number of nitro groups is 1. The second kappa shape index (κ2) is 5.41. The molecule has 0 spiro atoms. The van der Waals surface area contributed by atoms with Crippen molar-refractivity contribution in [1.29, 1.82) is 0 Å². The summed E-state index contributed by atoms with van der Waals surface area (Å²) >= 11 is 9.23. The number of nitrogens with two attached hydrogens (primary N) is 1. The lowest BCUT2D eigenvalue weighted by molar-refractivity contribution is -0.384. The first-order valence-corrected chi connectivity index (χ1v) is 6.17. The molecule has 0 radical (unpaired) electrons. The van der Waals surface area contributed by atoms with Gasteiger partial charge in [0.2, 0.25) is 5.88 Å². The second-order valence-corrected chi connectivity index (χ2v) is 4.85. The van der Waals surface area contributed by atoms with Crippen molar-refractivity contribution >= 4 is 39.0 Å². The van der Waals surface area contributed by atoms with Crippen molar-refractivity contribution in [2.75, 3.05) is 5.73 Å². The number of rotatable bonds is 3. The van der Waals surface area contributed by atoms with Crippen molar-refractivity contribution in [2.24, 2.45) is 0 Å². The van der Waals surface area contributed by atoms with Gasteiger partial charge in [-0.05, 0) is 18.2 Å². The molecule has 1 heterocycles. The minimum atomic E-state index is -0.575. The molecular weight excluding hydrogens is 337 g/mol. The Hall–Kier alpha value is -1.86. The smallest absolute Gasteiger partial charge is 0.278 e. The highest BCUT2D eigenvalue weighted by atomic mass is 79.9. The zero-order valence-corrected chi connectivity index (χ0v) is 11.7. The Labute approximate surface area is 121 Å². The Morgan fingerprint density at radius 2 is 2.11 bits per heavy atom. The van der Waals surface area contributed by atoms with E-state index in [1.807, 2.05) is 0 Å². The maximum atomic E-state index is 10.7. The molecule has 98 valence electrons. The zero-order valence-electron chi connectivity index (χ0n) is 9.34. The first-order chi connectivity index (χ1) is 8.95. The lowest BCUT2D eigenvalue weighted by Crippen LogP contribution is -1.97. The summed E-state index contributed by atoms with van der Waals surface area (Å²) in [6.07, 6.45) is 0. The van der Waals surface area contributed by atoms with Crippen molar-refractivity contribution in [3.05, 3.63) is 49.9 Å². The molecule has 8 heteroatoms. The fourth-order valence-corrected chi connectivity index (χ4v) is 2.05. The molecule has 0 aliphatic rings. The van der Waals surface area contributed by atoms with Gasteiger partial charge in [0, 0.05) is 4.47 Å². The summed E-state index contributed by atoms with van der Waals surface area (Å²) in [6.45, 7) is 0. The monoisotopic (exact) mass is 343 g/mol. The minimum absolute atomic E-state index is 0.00238. The van der Waals surface area contributed by atoms with Crippen LogP contribution >= 0.6 is 27.5 Å². The number of hydrogen-bond acceptors (Lipinski definition) is 5. The molecule has 0 atom stereocenters. The van der Waals surface area contributed by atoms with Crippen LogP contribution < -0.4 is 10.5 Å². The molecule has 0 fully saturated rings. The fourth-order valence-electron chi connectivity index (χ4n) is 1.34. The predicted octanol–water partition coefficient (Wildman–Crippen LogP) is 3.78. The number of aromatic nitrogens is 1. The molecule has 0 bridgehead atoms. The number of hydrogen-bond donors (Lipinski definition) is 1. The van der Waals surface area contributed by atoms with Crippen molar-refractivity contribution in [2.45, 2.75) is 0 Å². The SMILES string of the molecule is Nc1cc([N+](=O)[O-])cc(Oc2ccc(Br)cc2Cl)n1. The van der Waals surface area contributed by atoms with Gasteiger partial charge in [0.25, 0.3) is 5.69 Å². The topological polar surface area (TPSA) is 91.3 Å². The molecule has 2 N–H and O–H groups in total. The van der Waals surface area contributed by atoms with Gasteiger partial charge in [0.1, 0.15) is 11.6 Å². The first kappa shape index (κ1) is 13.6. The standard InChI is InChI=1S/C11H7BrClN3O3/c12-6-1-2-9(8(13)3-6)19-11-5-7(16(17)18)4-10(14)15-11/h1-5H,(H2,14,15). The van der Waals surface area contributed by atoms with Crippen LogP contribution in [0.4, 0.5) is 11.5 Å². The molecule has 0 unspecified atom stereocenters. The van der Waals surface area contributed by atoms with E-state index in [2.05, 4.69) is 20.9 Å². The van der Waals surface area contributed by atoms with Gasteiger partial charge in [-0.3, -0.25) is 10.1 Å². The third kappa shape index (κ3) is 3.33. The predicted molar refractivity (Wildman–Crippen MR) is 74.5 cm³/mol. The van der Waals surface area contributed by atoms with Gasteiger partial charge in [-0.2, -0.15) is 4.98 Å². The third-order valence-corrected chi connectivity index (χ3v) is 2.91. The van der Waals surface area contributed by atoms with Gasteiger partial charge in [-0.15, -0.1) is 0 Å². The molecule has 0 amide bonds. The molecule has 0 saturated carbocycles. The number of pyridine rings is 1. The summed E-state index contributed by atoms with van der Waals surface area (Å²) in [7, 11) is 0. The van der Waals surface area contributed by atoms with Crippen LogP contribution in [0.25, 0.3) is 0 Å². The van der Waals surface area contributed by atoms with E-state index in [1.165, 1.54) is 6.07 Å². The van der Waals surface area contributed by atoms with Gasteiger partial charge in [0.05, 0.1) is 22.1 Å². The number of ether oxygens (including phenoxy) is 1. The summed E-state index contributed by atoms with van der Waals surface area (Å²) in [5, 5.41) is 11.1. The Balaban J connectivity index is 2.35. The Bertz CT molecular complexity index is 651. The van der Waals surface area contributed by atoms with Crippen LogP contribution in [0.2, 0.25) is 5.02 Å². The van der Waals surface area contributed by atoms with E-state index >= 15 is 0 Å². The fraction of sp³-hybridized carbons (Fsp3) is 0. The molecule has 1 aromatic heterocycles. The lowest BCUT2D eigenvalue weighted by atomic mass is 10.3. The van der Waals surface area contributed by atoms with Crippen LogP contribution in [0.15, 0.2) is 34.8 Å². The first-order valence-electron chi connectivity index (χ1n) is 5.00. The maximum absolute atomic E-state index is 10.7. The van der Waals surface area contributed by atoms with Crippen molar-refractivity contribution in [1.82, 2.24) is 4.98 Å². The van der Waals surface area contributed by atoms with Gasteiger partial charge in [-0.25, -0.2) is 0 Å². The summed E-state index contributed by atoms with van der Waals surface area (Å²) in [4.78, 5) is 14.0. The number of benzene rings is 1. The van der Waals surface area contributed by atoms with E-state index in [4.69, 9.17) is 22.1 Å². The van der Waals surface area contributed by atoms with Crippen LogP contribution in [-0.2, 0) is 0 Å². The average molecular weight is 345 g/mol. The Morgan fingerprint density at radius 3 is 2.74 bits per heavy atom. The Kier molecular flexibility index (Phi) is 3.87. The second-order valence-electron chi connectivity index (χ2n) is 3.52. The number of halogens is 2. The van der Waals surface area contributed by atoms with Crippen LogP contribution in [0.5, 0.6) is 11.6 Å². The highest BCUT2D eigenvalue weighted by molar-refractivity contribution is 9.10. The normalized spacial score (nSPS) is 10.2. The van der Waals surface area contributed by atoms with Gasteiger partial charge in [-0.1, -0.05) is 27.5 Å². The zero-order chi connectivity index (χ0) is 14.0. The summed E-state index contributed by atoms with van der Waals surface area (Å²) in [5.41, 5.74) is 5.28. The molecule has 2 rings (SSSR count).